The molecule has 1 atom stereocenters. The van der Waals surface area contributed by atoms with E-state index in [4.69, 9.17) is 4.74 Å². The van der Waals surface area contributed by atoms with E-state index in [0.29, 0.717) is 12.6 Å². The lowest BCUT2D eigenvalue weighted by molar-refractivity contribution is 0.142. The van der Waals surface area contributed by atoms with Crippen molar-refractivity contribution in [3.8, 4) is 0 Å². The number of benzene rings is 1. The van der Waals surface area contributed by atoms with Crippen molar-refractivity contribution in [2.75, 3.05) is 12.4 Å². The molecule has 0 heterocycles. The molecule has 0 fully saturated rings. The van der Waals surface area contributed by atoms with E-state index in [0.717, 1.165) is 17.7 Å². The van der Waals surface area contributed by atoms with Crippen LogP contribution in [0.4, 0.5) is 10.5 Å². The topological polar surface area (TPSA) is 50.4 Å². The van der Waals surface area contributed by atoms with Gasteiger partial charge in [-0.05, 0) is 31.0 Å². The van der Waals surface area contributed by atoms with Crippen molar-refractivity contribution in [3.63, 3.8) is 0 Å². The zero-order valence-electron chi connectivity index (χ0n) is 10.6. The summed E-state index contributed by atoms with van der Waals surface area (Å²) < 4.78 is 4.95. The highest BCUT2D eigenvalue weighted by Crippen LogP contribution is 2.12. The molecule has 4 heteroatoms. The largest absolute Gasteiger partial charge is 0.445 e. The SMILES string of the molecule is CCC(C)Nc1ccc(COC(=O)NC)cc1. The van der Waals surface area contributed by atoms with Crippen LogP contribution < -0.4 is 10.6 Å². The van der Waals surface area contributed by atoms with Crippen LogP contribution in [-0.2, 0) is 11.3 Å². The van der Waals surface area contributed by atoms with Crippen molar-refractivity contribution in [3.05, 3.63) is 29.8 Å². The second-order valence-electron chi connectivity index (χ2n) is 3.98. The van der Waals surface area contributed by atoms with Gasteiger partial charge in [-0.15, -0.1) is 0 Å². The maximum Gasteiger partial charge on any atom is 0.407 e. The standard InChI is InChI=1S/C13H20N2O2/c1-4-10(2)15-12-7-5-11(6-8-12)9-17-13(16)14-3/h5-8,10,15H,4,9H2,1-3H3,(H,14,16). The van der Waals surface area contributed by atoms with Crippen molar-refractivity contribution in [2.45, 2.75) is 32.9 Å². The first kappa shape index (κ1) is 13.4. The molecule has 2 N–H and O–H groups in total. The quantitative estimate of drug-likeness (QED) is 0.826. The summed E-state index contributed by atoms with van der Waals surface area (Å²) in [6, 6.07) is 8.35. The average molecular weight is 236 g/mol. The Morgan fingerprint density at radius 2 is 2.00 bits per heavy atom. The van der Waals surface area contributed by atoms with E-state index in [1.165, 1.54) is 0 Å². The van der Waals surface area contributed by atoms with Crippen LogP contribution in [0.1, 0.15) is 25.8 Å². The molecule has 17 heavy (non-hydrogen) atoms. The maximum absolute atomic E-state index is 10.9. The third-order valence-electron chi connectivity index (χ3n) is 2.55. The number of rotatable bonds is 5. The number of alkyl carbamates (subject to hydrolysis) is 1. The number of carbonyl (C=O) groups is 1. The van der Waals surface area contributed by atoms with Crippen molar-refractivity contribution in [2.24, 2.45) is 0 Å². The highest BCUT2D eigenvalue weighted by molar-refractivity contribution is 5.66. The molecule has 0 aliphatic carbocycles. The fourth-order valence-corrected chi connectivity index (χ4v) is 1.30. The summed E-state index contributed by atoms with van der Waals surface area (Å²) in [7, 11) is 1.54. The van der Waals surface area contributed by atoms with Crippen molar-refractivity contribution in [1.82, 2.24) is 5.32 Å². The van der Waals surface area contributed by atoms with Gasteiger partial charge < -0.3 is 15.4 Å². The van der Waals surface area contributed by atoms with E-state index in [1.807, 2.05) is 24.3 Å². The fourth-order valence-electron chi connectivity index (χ4n) is 1.30. The Balaban J connectivity index is 2.47. The molecule has 0 aliphatic rings. The predicted molar refractivity (Wildman–Crippen MR) is 69.1 cm³/mol. The molecule has 0 bridgehead atoms. The van der Waals surface area contributed by atoms with Gasteiger partial charge in [0.25, 0.3) is 0 Å². The van der Waals surface area contributed by atoms with Crippen molar-refractivity contribution < 1.29 is 9.53 Å². The lowest BCUT2D eigenvalue weighted by atomic mass is 10.2. The number of hydrogen-bond acceptors (Lipinski definition) is 3. The van der Waals surface area contributed by atoms with Gasteiger partial charge in [-0.3, -0.25) is 0 Å². The molecule has 1 aromatic rings. The molecule has 0 saturated carbocycles. The van der Waals surface area contributed by atoms with E-state index in [2.05, 4.69) is 24.5 Å². The summed E-state index contributed by atoms with van der Waals surface area (Å²) in [5, 5.41) is 5.78. The van der Waals surface area contributed by atoms with Gasteiger partial charge in [0.2, 0.25) is 0 Å². The van der Waals surface area contributed by atoms with Gasteiger partial charge in [0.1, 0.15) is 6.61 Å². The lowest BCUT2D eigenvalue weighted by Crippen LogP contribution is -2.18. The molecule has 1 rings (SSSR count). The molecule has 0 spiro atoms. The molecular weight excluding hydrogens is 216 g/mol. The highest BCUT2D eigenvalue weighted by Gasteiger charge is 2.01. The van der Waals surface area contributed by atoms with Gasteiger partial charge in [-0.1, -0.05) is 19.1 Å². The van der Waals surface area contributed by atoms with Gasteiger partial charge >= 0.3 is 6.09 Å². The van der Waals surface area contributed by atoms with Gasteiger partial charge in [0.05, 0.1) is 0 Å². The molecule has 0 saturated heterocycles. The van der Waals surface area contributed by atoms with Crippen LogP contribution in [-0.4, -0.2) is 19.2 Å². The summed E-state index contributed by atoms with van der Waals surface area (Å²) >= 11 is 0. The highest BCUT2D eigenvalue weighted by atomic mass is 16.5. The van der Waals surface area contributed by atoms with Gasteiger partial charge in [-0.2, -0.15) is 0 Å². The van der Waals surface area contributed by atoms with Crippen LogP contribution in [0.5, 0.6) is 0 Å². The second-order valence-corrected chi connectivity index (χ2v) is 3.98. The van der Waals surface area contributed by atoms with E-state index in [-0.39, 0.29) is 0 Å². The first-order valence-electron chi connectivity index (χ1n) is 5.85. The number of amides is 1. The molecule has 0 aliphatic heterocycles. The predicted octanol–water partition coefficient (Wildman–Crippen LogP) is 2.75. The summed E-state index contributed by atoms with van der Waals surface area (Å²) in [6.45, 7) is 4.58. The van der Waals surface area contributed by atoms with Crippen LogP contribution in [0.2, 0.25) is 0 Å². The molecule has 1 unspecified atom stereocenters. The zero-order chi connectivity index (χ0) is 12.7. The number of anilines is 1. The van der Waals surface area contributed by atoms with E-state index >= 15 is 0 Å². The van der Waals surface area contributed by atoms with Crippen LogP contribution in [0.25, 0.3) is 0 Å². The first-order chi connectivity index (χ1) is 8.15. The van der Waals surface area contributed by atoms with Crippen LogP contribution in [0.15, 0.2) is 24.3 Å². The Morgan fingerprint density at radius 3 is 2.53 bits per heavy atom. The Kier molecular flexibility index (Phi) is 5.33. The fraction of sp³-hybridized carbons (Fsp3) is 0.462. The normalized spacial score (nSPS) is 11.7. The molecule has 1 aromatic carbocycles. The molecule has 4 nitrogen and oxygen atoms in total. The van der Waals surface area contributed by atoms with E-state index < -0.39 is 6.09 Å². The summed E-state index contributed by atoms with van der Waals surface area (Å²) in [6.07, 6.45) is 0.674. The number of ether oxygens (including phenoxy) is 1. The van der Waals surface area contributed by atoms with Crippen LogP contribution >= 0.6 is 0 Å². The Morgan fingerprint density at radius 1 is 1.35 bits per heavy atom. The summed E-state index contributed by atoms with van der Waals surface area (Å²) in [5.74, 6) is 0. The molecule has 1 amide bonds. The van der Waals surface area contributed by atoms with Crippen LogP contribution in [0, 0.1) is 0 Å². The third kappa shape index (κ3) is 4.76. The molecule has 0 aromatic heterocycles. The molecule has 0 radical (unpaired) electrons. The third-order valence-corrected chi connectivity index (χ3v) is 2.55. The molecule has 94 valence electrons. The zero-order valence-corrected chi connectivity index (χ0v) is 10.6. The molecular formula is C13H20N2O2. The minimum Gasteiger partial charge on any atom is -0.445 e. The first-order valence-corrected chi connectivity index (χ1v) is 5.85. The average Bonchev–Trinajstić information content (AvgIpc) is 2.37. The van der Waals surface area contributed by atoms with Crippen molar-refractivity contribution >= 4 is 11.8 Å². The minimum atomic E-state index is -0.410. The minimum absolute atomic E-state index is 0.295. The number of carbonyl (C=O) groups excluding carboxylic acids is 1. The number of hydrogen-bond donors (Lipinski definition) is 2. The van der Waals surface area contributed by atoms with Gasteiger partial charge in [0, 0.05) is 18.8 Å². The lowest BCUT2D eigenvalue weighted by Gasteiger charge is -2.13. The van der Waals surface area contributed by atoms with Crippen LogP contribution in [0.3, 0.4) is 0 Å². The summed E-state index contributed by atoms with van der Waals surface area (Å²) in [4.78, 5) is 10.9. The van der Waals surface area contributed by atoms with Gasteiger partial charge in [-0.25, -0.2) is 4.79 Å². The summed E-state index contributed by atoms with van der Waals surface area (Å²) in [5.41, 5.74) is 2.06. The van der Waals surface area contributed by atoms with Crippen molar-refractivity contribution in [1.29, 1.82) is 0 Å². The number of nitrogens with one attached hydrogen (secondary N) is 2. The van der Waals surface area contributed by atoms with Gasteiger partial charge in [0.15, 0.2) is 0 Å². The monoisotopic (exact) mass is 236 g/mol. The van der Waals surface area contributed by atoms with E-state index in [1.54, 1.807) is 7.05 Å². The van der Waals surface area contributed by atoms with E-state index in [9.17, 15) is 4.79 Å². The maximum atomic E-state index is 10.9. The second kappa shape index (κ2) is 6.78. The Hall–Kier alpha value is -1.71. The Bertz CT molecular complexity index is 349. The smallest absolute Gasteiger partial charge is 0.407 e. The Labute approximate surface area is 102 Å².